The van der Waals surface area contributed by atoms with Crippen molar-refractivity contribution in [3.8, 4) is 22.5 Å². The average molecular weight is 561 g/mol. The van der Waals surface area contributed by atoms with Crippen LogP contribution in [0.25, 0.3) is 33.4 Å². The molecule has 0 atom stereocenters. The molecule has 41 heavy (non-hydrogen) atoms. The SMILES string of the molecule is Cc1ccccc1/N=c1\ccc2c(-c3ccccc3S(=O)(=O)O)c3ccc(N(C)c4ccccc4C)cc3oc-2c1. The van der Waals surface area contributed by atoms with Gasteiger partial charge in [0.1, 0.15) is 16.2 Å². The molecule has 0 aromatic heterocycles. The first-order chi connectivity index (χ1) is 19.7. The van der Waals surface area contributed by atoms with E-state index in [1.807, 2.05) is 86.8 Å². The number of hydrogen-bond acceptors (Lipinski definition) is 5. The number of anilines is 2. The van der Waals surface area contributed by atoms with E-state index in [9.17, 15) is 13.0 Å². The summed E-state index contributed by atoms with van der Waals surface area (Å²) in [4.78, 5) is 6.75. The molecule has 204 valence electrons. The summed E-state index contributed by atoms with van der Waals surface area (Å²) in [5.41, 5.74) is 7.33. The average Bonchev–Trinajstić information content (AvgIpc) is 2.96. The monoisotopic (exact) mass is 560 g/mol. The molecule has 0 saturated heterocycles. The van der Waals surface area contributed by atoms with Gasteiger partial charge in [0.25, 0.3) is 10.1 Å². The minimum absolute atomic E-state index is 0.163. The molecule has 4 aromatic carbocycles. The molecule has 0 spiro atoms. The fraction of sp³-hybridized carbons (Fsp3) is 0.0882. The van der Waals surface area contributed by atoms with Crippen LogP contribution >= 0.6 is 0 Å². The van der Waals surface area contributed by atoms with Gasteiger partial charge in [-0.15, -0.1) is 0 Å². The van der Waals surface area contributed by atoms with E-state index in [0.717, 1.165) is 33.6 Å². The van der Waals surface area contributed by atoms with Gasteiger partial charge in [-0.2, -0.15) is 8.42 Å². The van der Waals surface area contributed by atoms with Crippen molar-refractivity contribution in [1.82, 2.24) is 0 Å². The largest absolute Gasteiger partial charge is 0.456 e. The molecule has 1 aliphatic carbocycles. The third-order valence-electron chi connectivity index (χ3n) is 7.35. The number of benzene rings is 5. The van der Waals surface area contributed by atoms with E-state index in [1.54, 1.807) is 18.2 Å². The van der Waals surface area contributed by atoms with E-state index < -0.39 is 10.1 Å². The van der Waals surface area contributed by atoms with Crippen molar-refractivity contribution < 1.29 is 17.4 Å². The quantitative estimate of drug-likeness (QED) is 0.170. The van der Waals surface area contributed by atoms with Crippen LogP contribution in [0.5, 0.6) is 0 Å². The maximum Gasteiger partial charge on any atom is 0.295 e. The Morgan fingerprint density at radius 2 is 1.46 bits per heavy atom. The van der Waals surface area contributed by atoms with Crippen molar-refractivity contribution in [2.24, 2.45) is 4.99 Å². The van der Waals surface area contributed by atoms with E-state index in [1.165, 1.54) is 6.07 Å². The van der Waals surface area contributed by atoms with Crippen molar-refractivity contribution in [1.29, 1.82) is 0 Å². The van der Waals surface area contributed by atoms with Crippen LogP contribution in [0.4, 0.5) is 17.1 Å². The van der Waals surface area contributed by atoms with Gasteiger partial charge in [-0.1, -0.05) is 54.6 Å². The number of para-hydroxylation sites is 2. The summed E-state index contributed by atoms with van der Waals surface area (Å²) in [6.45, 7) is 4.07. The molecule has 0 radical (unpaired) electrons. The number of hydrogen-bond donors (Lipinski definition) is 1. The van der Waals surface area contributed by atoms with Crippen LogP contribution in [-0.2, 0) is 10.1 Å². The molecule has 1 N–H and O–H groups in total. The van der Waals surface area contributed by atoms with Crippen LogP contribution in [0.15, 0.2) is 123 Å². The van der Waals surface area contributed by atoms with Crippen molar-refractivity contribution in [3.05, 3.63) is 126 Å². The highest BCUT2D eigenvalue weighted by molar-refractivity contribution is 7.86. The Morgan fingerprint density at radius 1 is 0.756 bits per heavy atom. The van der Waals surface area contributed by atoms with Gasteiger partial charge in [0.2, 0.25) is 0 Å². The third kappa shape index (κ3) is 5.01. The second-order valence-electron chi connectivity index (χ2n) is 10.1. The van der Waals surface area contributed by atoms with Crippen LogP contribution in [0.2, 0.25) is 0 Å². The first kappa shape index (κ1) is 26.5. The molecule has 0 fully saturated rings. The lowest BCUT2D eigenvalue weighted by atomic mass is 9.93. The predicted octanol–water partition coefficient (Wildman–Crippen LogP) is 8.07. The molecule has 0 amide bonds. The molecular formula is C34H28N2O4S. The first-order valence-corrected chi connectivity index (χ1v) is 14.6. The molecule has 0 unspecified atom stereocenters. The predicted molar refractivity (Wildman–Crippen MR) is 164 cm³/mol. The lowest BCUT2D eigenvalue weighted by molar-refractivity contribution is 0.483. The van der Waals surface area contributed by atoms with Gasteiger partial charge in [-0.05, 0) is 67.4 Å². The van der Waals surface area contributed by atoms with Crippen LogP contribution in [-0.4, -0.2) is 20.0 Å². The zero-order valence-electron chi connectivity index (χ0n) is 22.9. The van der Waals surface area contributed by atoms with Crippen molar-refractivity contribution in [3.63, 3.8) is 0 Å². The minimum atomic E-state index is -4.49. The molecule has 7 heteroatoms. The second-order valence-corrected chi connectivity index (χ2v) is 11.4. The summed E-state index contributed by atoms with van der Waals surface area (Å²) < 4.78 is 41.5. The molecule has 1 aliphatic heterocycles. The minimum Gasteiger partial charge on any atom is -0.456 e. The van der Waals surface area contributed by atoms with E-state index >= 15 is 0 Å². The first-order valence-electron chi connectivity index (χ1n) is 13.2. The summed E-state index contributed by atoms with van der Waals surface area (Å²) in [5.74, 6) is 0.545. The topological polar surface area (TPSA) is 83.1 Å². The van der Waals surface area contributed by atoms with Gasteiger partial charge in [0, 0.05) is 52.6 Å². The Balaban J connectivity index is 1.65. The van der Waals surface area contributed by atoms with Crippen LogP contribution < -0.4 is 10.3 Å². The third-order valence-corrected chi connectivity index (χ3v) is 8.26. The fourth-order valence-corrected chi connectivity index (χ4v) is 5.94. The van der Waals surface area contributed by atoms with E-state index in [-0.39, 0.29) is 4.90 Å². The van der Waals surface area contributed by atoms with E-state index in [4.69, 9.17) is 9.41 Å². The van der Waals surface area contributed by atoms with Gasteiger partial charge in [0.15, 0.2) is 0 Å². The number of aryl methyl sites for hydroxylation is 2. The highest BCUT2D eigenvalue weighted by Crippen LogP contribution is 2.43. The van der Waals surface area contributed by atoms with Gasteiger partial charge in [-0.25, -0.2) is 4.99 Å². The van der Waals surface area contributed by atoms with Gasteiger partial charge in [-0.3, -0.25) is 4.55 Å². The van der Waals surface area contributed by atoms with Gasteiger partial charge >= 0.3 is 0 Å². The Labute approximate surface area is 239 Å². The lowest BCUT2D eigenvalue weighted by Crippen LogP contribution is -2.10. The van der Waals surface area contributed by atoms with Gasteiger partial charge in [0.05, 0.1) is 11.0 Å². The van der Waals surface area contributed by atoms with Crippen molar-refractivity contribution in [2.45, 2.75) is 18.7 Å². The highest BCUT2D eigenvalue weighted by Gasteiger charge is 2.23. The summed E-state index contributed by atoms with van der Waals surface area (Å²) in [7, 11) is -2.49. The molecule has 4 aromatic rings. The molecule has 1 heterocycles. The van der Waals surface area contributed by atoms with Crippen molar-refractivity contribution >= 4 is 38.1 Å². The summed E-state index contributed by atoms with van der Waals surface area (Å²) >= 11 is 0. The number of fused-ring (bicyclic) bond motifs is 2. The normalized spacial score (nSPS) is 12.2. The van der Waals surface area contributed by atoms with Crippen LogP contribution in [0, 0.1) is 13.8 Å². The van der Waals surface area contributed by atoms with Gasteiger partial charge < -0.3 is 9.32 Å². The van der Waals surface area contributed by atoms with Crippen LogP contribution in [0.1, 0.15) is 11.1 Å². The second kappa shape index (κ2) is 10.4. The number of nitrogens with zero attached hydrogens (tertiary/aromatic N) is 2. The Hall–Kier alpha value is -4.72. The molecular weight excluding hydrogens is 532 g/mol. The molecule has 6 nitrogen and oxygen atoms in total. The summed E-state index contributed by atoms with van der Waals surface area (Å²) in [6, 6.07) is 34.0. The lowest BCUT2D eigenvalue weighted by Gasteiger charge is -2.23. The van der Waals surface area contributed by atoms with E-state index in [2.05, 4.69) is 24.0 Å². The maximum atomic E-state index is 12.4. The maximum absolute atomic E-state index is 12.4. The molecule has 0 saturated carbocycles. The van der Waals surface area contributed by atoms with E-state index in [0.29, 0.717) is 33.4 Å². The Morgan fingerprint density at radius 3 is 2.22 bits per heavy atom. The van der Waals surface area contributed by atoms with Crippen molar-refractivity contribution in [2.75, 3.05) is 11.9 Å². The number of rotatable bonds is 5. The highest BCUT2D eigenvalue weighted by atomic mass is 32.2. The molecule has 0 bridgehead atoms. The fourth-order valence-electron chi connectivity index (χ4n) is 5.24. The smallest absolute Gasteiger partial charge is 0.295 e. The summed E-state index contributed by atoms with van der Waals surface area (Å²) in [5, 5.41) is 1.43. The zero-order valence-corrected chi connectivity index (χ0v) is 23.7. The van der Waals surface area contributed by atoms with Crippen LogP contribution in [0.3, 0.4) is 0 Å². The molecule has 6 rings (SSSR count). The Kier molecular flexibility index (Phi) is 6.69. The molecule has 2 aliphatic rings. The standard InChI is InChI=1S/C34H28N2O4S/c1-22-10-4-7-13-29(22)35-24-16-18-26-31(20-24)40-32-21-25(36(3)30-14-8-5-11-23(30)2)17-19-27(32)34(26)28-12-6-9-15-33(28)41(37,38)39/h4-21H,1-3H3,(H,37,38,39)/b35-24+. The summed E-state index contributed by atoms with van der Waals surface area (Å²) in [6.07, 6.45) is 0. The zero-order chi connectivity index (χ0) is 28.7. The Bertz CT molecular complexity index is 2080.